The molecule has 4 nitrogen and oxygen atoms in total. The zero-order valence-corrected chi connectivity index (χ0v) is 13.6. The molecular formula is C18H21FN2O2. The van der Waals surface area contributed by atoms with E-state index in [1.54, 1.807) is 0 Å². The number of rotatable bonds is 6. The van der Waals surface area contributed by atoms with Crippen molar-refractivity contribution in [2.75, 3.05) is 21.2 Å². The summed E-state index contributed by atoms with van der Waals surface area (Å²) in [6.07, 6.45) is 0. The first-order valence-corrected chi connectivity index (χ1v) is 7.34. The summed E-state index contributed by atoms with van der Waals surface area (Å²) in [7, 11) is 5.48. The number of amides is 1. The van der Waals surface area contributed by atoms with Gasteiger partial charge in [0.05, 0.1) is 12.7 Å². The molecule has 0 aromatic heterocycles. The van der Waals surface area contributed by atoms with Gasteiger partial charge in [-0.05, 0) is 43.4 Å². The Morgan fingerprint density at radius 1 is 1.13 bits per heavy atom. The van der Waals surface area contributed by atoms with Crippen LogP contribution in [0.3, 0.4) is 0 Å². The minimum atomic E-state index is -0.469. The fourth-order valence-electron chi connectivity index (χ4n) is 2.26. The van der Waals surface area contributed by atoms with Crippen molar-refractivity contribution in [1.82, 2.24) is 10.2 Å². The summed E-state index contributed by atoms with van der Waals surface area (Å²) in [6.45, 7) is 1.24. The molecule has 2 aromatic rings. The van der Waals surface area contributed by atoms with Crippen LogP contribution in [0.25, 0.3) is 0 Å². The van der Waals surface area contributed by atoms with E-state index in [1.807, 2.05) is 38.4 Å². The molecule has 2 rings (SSSR count). The number of nitrogens with zero attached hydrogens (tertiary/aromatic N) is 1. The molecule has 0 aliphatic carbocycles. The van der Waals surface area contributed by atoms with Crippen LogP contribution >= 0.6 is 0 Å². The molecule has 0 bridgehead atoms. The number of nitrogens with one attached hydrogen (secondary N) is 1. The first-order chi connectivity index (χ1) is 11.0. The van der Waals surface area contributed by atoms with E-state index in [-0.39, 0.29) is 11.5 Å². The molecule has 0 spiro atoms. The number of hydrogen-bond donors (Lipinski definition) is 1. The fraction of sp³-hybridized carbons (Fsp3) is 0.278. The van der Waals surface area contributed by atoms with Crippen molar-refractivity contribution >= 4 is 5.91 Å². The summed E-state index contributed by atoms with van der Waals surface area (Å²) in [5.41, 5.74) is 2.38. The molecule has 0 unspecified atom stereocenters. The maximum atomic E-state index is 13.3. The van der Waals surface area contributed by atoms with Gasteiger partial charge in [0.15, 0.2) is 0 Å². The predicted octanol–water partition coefficient (Wildman–Crippen LogP) is 2.83. The third kappa shape index (κ3) is 4.79. The van der Waals surface area contributed by atoms with E-state index in [0.29, 0.717) is 12.3 Å². The van der Waals surface area contributed by atoms with E-state index in [4.69, 9.17) is 4.74 Å². The Kier molecular flexibility index (Phi) is 5.71. The highest BCUT2D eigenvalue weighted by Crippen LogP contribution is 2.19. The first kappa shape index (κ1) is 17.0. The Hall–Kier alpha value is -2.40. The highest BCUT2D eigenvalue weighted by atomic mass is 19.1. The van der Waals surface area contributed by atoms with Gasteiger partial charge >= 0.3 is 0 Å². The first-order valence-electron chi connectivity index (χ1n) is 7.34. The number of hydrogen-bond acceptors (Lipinski definition) is 3. The SMILES string of the molecule is COc1ccc(F)cc1C(=O)NCc1ccc(CN(C)C)cc1. The molecule has 0 atom stereocenters. The fourth-order valence-corrected chi connectivity index (χ4v) is 2.26. The second-order valence-electron chi connectivity index (χ2n) is 5.58. The molecule has 1 N–H and O–H groups in total. The van der Waals surface area contributed by atoms with Crippen LogP contribution in [0.15, 0.2) is 42.5 Å². The highest BCUT2D eigenvalue weighted by Gasteiger charge is 2.13. The van der Waals surface area contributed by atoms with Crippen LogP contribution in [-0.4, -0.2) is 32.0 Å². The second kappa shape index (κ2) is 7.74. The summed E-state index contributed by atoms with van der Waals surface area (Å²) >= 11 is 0. The summed E-state index contributed by atoms with van der Waals surface area (Å²) in [4.78, 5) is 14.3. The molecular weight excluding hydrogens is 295 g/mol. The molecule has 0 aliphatic rings. The number of benzene rings is 2. The normalized spacial score (nSPS) is 10.7. The van der Waals surface area contributed by atoms with Crippen molar-refractivity contribution in [3.63, 3.8) is 0 Å². The lowest BCUT2D eigenvalue weighted by Gasteiger charge is -2.11. The zero-order valence-electron chi connectivity index (χ0n) is 13.6. The van der Waals surface area contributed by atoms with Gasteiger partial charge in [-0.15, -0.1) is 0 Å². The predicted molar refractivity (Wildman–Crippen MR) is 88.0 cm³/mol. The van der Waals surface area contributed by atoms with Crippen molar-refractivity contribution in [3.8, 4) is 5.75 Å². The Balaban J connectivity index is 2.00. The number of halogens is 1. The van der Waals surface area contributed by atoms with Gasteiger partial charge in [0.1, 0.15) is 11.6 Å². The van der Waals surface area contributed by atoms with E-state index in [1.165, 1.54) is 30.9 Å². The van der Waals surface area contributed by atoms with Gasteiger partial charge in [0, 0.05) is 13.1 Å². The van der Waals surface area contributed by atoms with Gasteiger partial charge in [-0.25, -0.2) is 4.39 Å². The van der Waals surface area contributed by atoms with Crippen molar-refractivity contribution in [1.29, 1.82) is 0 Å². The van der Waals surface area contributed by atoms with Crippen molar-refractivity contribution in [3.05, 3.63) is 65.0 Å². The van der Waals surface area contributed by atoms with Gasteiger partial charge in [-0.1, -0.05) is 24.3 Å². The summed E-state index contributed by atoms with van der Waals surface area (Å²) < 4.78 is 18.4. The average molecular weight is 316 g/mol. The average Bonchev–Trinajstić information content (AvgIpc) is 2.53. The van der Waals surface area contributed by atoms with Crippen LogP contribution in [0, 0.1) is 5.82 Å². The van der Waals surface area contributed by atoms with Gasteiger partial charge in [0.25, 0.3) is 5.91 Å². The third-order valence-electron chi connectivity index (χ3n) is 3.38. The van der Waals surface area contributed by atoms with E-state index >= 15 is 0 Å². The number of methoxy groups -OCH3 is 1. The molecule has 0 fully saturated rings. The van der Waals surface area contributed by atoms with Crippen LogP contribution in [0.5, 0.6) is 5.75 Å². The second-order valence-corrected chi connectivity index (χ2v) is 5.58. The topological polar surface area (TPSA) is 41.6 Å². The van der Waals surface area contributed by atoms with E-state index in [9.17, 15) is 9.18 Å². The summed E-state index contributed by atoms with van der Waals surface area (Å²) in [6, 6.07) is 11.9. The van der Waals surface area contributed by atoms with Crippen LogP contribution < -0.4 is 10.1 Å². The lowest BCUT2D eigenvalue weighted by atomic mass is 10.1. The van der Waals surface area contributed by atoms with Gasteiger partial charge < -0.3 is 15.0 Å². The standard InChI is InChI=1S/C18H21FN2O2/c1-21(2)12-14-6-4-13(5-7-14)11-20-18(22)16-10-15(19)8-9-17(16)23-3/h4-10H,11-12H2,1-3H3,(H,20,22). The lowest BCUT2D eigenvalue weighted by molar-refractivity contribution is 0.0947. The molecule has 0 radical (unpaired) electrons. The molecule has 0 aliphatic heterocycles. The molecule has 2 aromatic carbocycles. The Morgan fingerprint density at radius 3 is 2.39 bits per heavy atom. The molecule has 5 heteroatoms. The third-order valence-corrected chi connectivity index (χ3v) is 3.38. The van der Waals surface area contributed by atoms with Gasteiger partial charge in [-0.3, -0.25) is 4.79 Å². The van der Waals surface area contributed by atoms with Crippen molar-refractivity contribution < 1.29 is 13.9 Å². The van der Waals surface area contributed by atoms with Crippen LogP contribution in [0.4, 0.5) is 4.39 Å². The smallest absolute Gasteiger partial charge is 0.255 e. The Morgan fingerprint density at radius 2 is 1.78 bits per heavy atom. The maximum absolute atomic E-state index is 13.3. The van der Waals surface area contributed by atoms with Gasteiger partial charge in [-0.2, -0.15) is 0 Å². The minimum Gasteiger partial charge on any atom is -0.496 e. The Labute approximate surface area is 135 Å². The van der Waals surface area contributed by atoms with Gasteiger partial charge in [0.2, 0.25) is 0 Å². The quantitative estimate of drug-likeness (QED) is 0.891. The summed E-state index contributed by atoms with van der Waals surface area (Å²) in [5, 5.41) is 2.78. The number of carbonyl (C=O) groups is 1. The Bertz CT molecular complexity index is 669. The van der Waals surface area contributed by atoms with Crippen LogP contribution in [-0.2, 0) is 13.1 Å². The van der Waals surface area contributed by atoms with Crippen molar-refractivity contribution in [2.45, 2.75) is 13.1 Å². The van der Waals surface area contributed by atoms with Crippen molar-refractivity contribution in [2.24, 2.45) is 0 Å². The summed E-state index contributed by atoms with van der Waals surface area (Å²) in [5.74, 6) is -0.479. The van der Waals surface area contributed by atoms with Crippen LogP contribution in [0.2, 0.25) is 0 Å². The highest BCUT2D eigenvalue weighted by molar-refractivity contribution is 5.96. The number of ether oxygens (including phenoxy) is 1. The molecule has 122 valence electrons. The molecule has 23 heavy (non-hydrogen) atoms. The van der Waals surface area contributed by atoms with E-state index in [2.05, 4.69) is 10.2 Å². The lowest BCUT2D eigenvalue weighted by Crippen LogP contribution is -2.23. The molecule has 0 heterocycles. The molecule has 0 saturated heterocycles. The van der Waals surface area contributed by atoms with E-state index < -0.39 is 5.82 Å². The van der Waals surface area contributed by atoms with Crippen LogP contribution in [0.1, 0.15) is 21.5 Å². The minimum absolute atomic E-state index is 0.191. The number of carbonyl (C=O) groups excluding carboxylic acids is 1. The monoisotopic (exact) mass is 316 g/mol. The maximum Gasteiger partial charge on any atom is 0.255 e. The zero-order chi connectivity index (χ0) is 16.8. The molecule has 1 amide bonds. The largest absolute Gasteiger partial charge is 0.496 e. The van der Waals surface area contributed by atoms with E-state index in [0.717, 1.165) is 12.1 Å². The molecule has 0 saturated carbocycles.